The van der Waals surface area contributed by atoms with Crippen LogP contribution >= 0.6 is 0 Å². The van der Waals surface area contributed by atoms with Gasteiger partial charge in [0.1, 0.15) is 17.1 Å². The lowest BCUT2D eigenvalue weighted by molar-refractivity contribution is -0.136. The van der Waals surface area contributed by atoms with Crippen LogP contribution in [0.4, 0.5) is 5.69 Å². The molecule has 0 saturated carbocycles. The number of aliphatic hydroxyl groups is 1. The van der Waals surface area contributed by atoms with E-state index < -0.39 is 17.4 Å². The monoisotopic (exact) mass is 402 g/mol. The number of hydrogen-bond acceptors (Lipinski definition) is 7. The smallest absolute Gasteiger partial charge is 0.313 e. The van der Waals surface area contributed by atoms with Crippen LogP contribution in [-0.2, 0) is 15.2 Å². The van der Waals surface area contributed by atoms with Crippen molar-refractivity contribution >= 4 is 17.5 Å². The van der Waals surface area contributed by atoms with Gasteiger partial charge in [0.2, 0.25) is 6.79 Å². The van der Waals surface area contributed by atoms with E-state index in [1.165, 1.54) is 27.2 Å². The maximum absolute atomic E-state index is 12.2. The van der Waals surface area contributed by atoms with Crippen LogP contribution in [0.2, 0.25) is 0 Å². The molecule has 3 rings (SSSR count). The number of amides is 2. The Labute approximate surface area is 167 Å². The van der Waals surface area contributed by atoms with Gasteiger partial charge in [-0.3, -0.25) is 9.59 Å². The molecule has 1 aliphatic heterocycles. The molecule has 154 valence electrons. The highest BCUT2D eigenvalue weighted by Crippen LogP contribution is 2.35. The van der Waals surface area contributed by atoms with Crippen LogP contribution in [0.5, 0.6) is 23.0 Å². The Morgan fingerprint density at radius 1 is 1.07 bits per heavy atom. The van der Waals surface area contributed by atoms with Crippen LogP contribution in [0.3, 0.4) is 0 Å². The van der Waals surface area contributed by atoms with Gasteiger partial charge >= 0.3 is 11.8 Å². The van der Waals surface area contributed by atoms with Crippen molar-refractivity contribution in [1.82, 2.24) is 5.32 Å². The Kier molecular flexibility index (Phi) is 5.79. The third-order valence-corrected chi connectivity index (χ3v) is 4.45. The molecule has 2 amide bonds. The minimum absolute atomic E-state index is 0.117. The third-order valence-electron chi connectivity index (χ3n) is 4.45. The Bertz CT molecular complexity index is 927. The van der Waals surface area contributed by atoms with Gasteiger partial charge < -0.3 is 34.7 Å². The standard InChI is InChI=1S/C20H22N2O7/c1-20(25,12-4-6-16-17(8-12)29-11-28-16)10-21-18(23)19(24)22-14-9-13(26-2)5-7-15(14)27-3/h4-9,25H,10-11H2,1-3H3,(H,21,23)(H,22,24). The molecular weight excluding hydrogens is 380 g/mol. The number of methoxy groups -OCH3 is 2. The van der Waals surface area contributed by atoms with E-state index in [1.807, 2.05) is 0 Å². The van der Waals surface area contributed by atoms with Crippen molar-refractivity contribution in [1.29, 1.82) is 0 Å². The zero-order chi connectivity index (χ0) is 21.0. The molecule has 0 aromatic heterocycles. The van der Waals surface area contributed by atoms with E-state index in [0.717, 1.165) is 0 Å². The summed E-state index contributed by atoms with van der Waals surface area (Å²) in [6, 6.07) is 9.78. The maximum Gasteiger partial charge on any atom is 0.313 e. The van der Waals surface area contributed by atoms with Crippen molar-refractivity contribution in [3.05, 3.63) is 42.0 Å². The van der Waals surface area contributed by atoms with E-state index in [1.54, 1.807) is 30.3 Å². The minimum atomic E-state index is -1.43. The highest BCUT2D eigenvalue weighted by molar-refractivity contribution is 6.39. The molecule has 1 unspecified atom stereocenters. The number of carbonyl (C=O) groups excluding carboxylic acids is 2. The summed E-state index contributed by atoms with van der Waals surface area (Å²) in [7, 11) is 2.93. The van der Waals surface area contributed by atoms with Gasteiger partial charge in [-0.1, -0.05) is 6.07 Å². The predicted octanol–water partition coefficient (Wildman–Crippen LogP) is 1.39. The number of fused-ring (bicyclic) bond motifs is 1. The van der Waals surface area contributed by atoms with E-state index in [9.17, 15) is 14.7 Å². The summed E-state index contributed by atoms with van der Waals surface area (Å²) < 4.78 is 20.8. The van der Waals surface area contributed by atoms with E-state index in [2.05, 4.69) is 10.6 Å². The molecule has 9 nitrogen and oxygen atoms in total. The van der Waals surface area contributed by atoms with Gasteiger partial charge in [0.05, 0.1) is 26.5 Å². The largest absolute Gasteiger partial charge is 0.497 e. The summed E-state index contributed by atoms with van der Waals surface area (Å²) in [5, 5.41) is 15.6. The number of benzene rings is 2. The van der Waals surface area contributed by atoms with Gasteiger partial charge in [-0.2, -0.15) is 0 Å². The lowest BCUT2D eigenvalue weighted by atomic mass is 9.95. The molecule has 0 fully saturated rings. The summed E-state index contributed by atoms with van der Waals surface area (Å²) >= 11 is 0. The Hall–Kier alpha value is -3.46. The van der Waals surface area contributed by atoms with Gasteiger partial charge in [-0.15, -0.1) is 0 Å². The predicted molar refractivity (Wildman–Crippen MR) is 103 cm³/mol. The Balaban J connectivity index is 1.63. The second-order valence-electron chi connectivity index (χ2n) is 6.54. The van der Waals surface area contributed by atoms with Crippen LogP contribution in [0.15, 0.2) is 36.4 Å². The zero-order valence-electron chi connectivity index (χ0n) is 16.3. The number of rotatable bonds is 6. The maximum atomic E-state index is 12.2. The van der Waals surface area contributed by atoms with E-state index in [4.69, 9.17) is 18.9 Å². The number of nitrogens with one attached hydrogen (secondary N) is 2. The van der Waals surface area contributed by atoms with Crippen LogP contribution in [-0.4, -0.2) is 44.5 Å². The third kappa shape index (κ3) is 4.52. The number of hydrogen-bond donors (Lipinski definition) is 3. The van der Waals surface area contributed by atoms with Crippen molar-refractivity contribution in [3.63, 3.8) is 0 Å². The number of anilines is 1. The molecule has 1 atom stereocenters. The zero-order valence-corrected chi connectivity index (χ0v) is 16.3. The summed E-state index contributed by atoms with van der Waals surface area (Å²) in [5.41, 5.74) is -0.628. The second-order valence-corrected chi connectivity index (χ2v) is 6.54. The second kappa shape index (κ2) is 8.27. The molecule has 29 heavy (non-hydrogen) atoms. The fourth-order valence-corrected chi connectivity index (χ4v) is 2.76. The summed E-state index contributed by atoms with van der Waals surface area (Å²) in [4.78, 5) is 24.5. The fraction of sp³-hybridized carbons (Fsp3) is 0.300. The molecule has 2 aromatic carbocycles. The summed E-state index contributed by atoms with van der Waals surface area (Å²) in [5.74, 6) is 0.151. The normalized spacial score (nSPS) is 13.9. The average Bonchev–Trinajstić information content (AvgIpc) is 3.19. The fourth-order valence-electron chi connectivity index (χ4n) is 2.76. The SMILES string of the molecule is COc1ccc(OC)c(NC(=O)C(=O)NCC(C)(O)c2ccc3c(c2)OCO3)c1. The van der Waals surface area contributed by atoms with Crippen LogP contribution < -0.4 is 29.6 Å². The molecule has 0 spiro atoms. The summed E-state index contributed by atoms with van der Waals surface area (Å²) in [6.45, 7) is 1.45. The topological polar surface area (TPSA) is 115 Å². The van der Waals surface area contributed by atoms with Gasteiger partial charge in [-0.05, 0) is 36.8 Å². The molecule has 0 saturated heterocycles. The van der Waals surface area contributed by atoms with Gasteiger partial charge in [-0.25, -0.2) is 0 Å². The van der Waals surface area contributed by atoms with Crippen LogP contribution in [0.1, 0.15) is 12.5 Å². The molecule has 0 bridgehead atoms. The minimum Gasteiger partial charge on any atom is -0.497 e. The lowest BCUT2D eigenvalue weighted by Gasteiger charge is -2.24. The van der Waals surface area contributed by atoms with Crippen molar-refractivity contribution in [2.24, 2.45) is 0 Å². The Morgan fingerprint density at radius 3 is 2.55 bits per heavy atom. The first-order chi connectivity index (χ1) is 13.8. The first-order valence-electron chi connectivity index (χ1n) is 8.78. The van der Waals surface area contributed by atoms with E-state index in [0.29, 0.717) is 28.6 Å². The molecule has 9 heteroatoms. The van der Waals surface area contributed by atoms with Crippen LogP contribution in [0, 0.1) is 0 Å². The van der Waals surface area contributed by atoms with Crippen molar-refractivity contribution in [3.8, 4) is 23.0 Å². The first kappa shape index (κ1) is 20.3. The quantitative estimate of drug-likeness (QED) is 0.626. The molecule has 3 N–H and O–H groups in total. The number of carbonyl (C=O) groups is 2. The highest BCUT2D eigenvalue weighted by Gasteiger charge is 2.28. The van der Waals surface area contributed by atoms with Gasteiger partial charge in [0, 0.05) is 6.07 Å². The van der Waals surface area contributed by atoms with Gasteiger partial charge in [0.25, 0.3) is 0 Å². The van der Waals surface area contributed by atoms with Gasteiger partial charge in [0.15, 0.2) is 11.5 Å². The molecular formula is C20H22N2O7. The Morgan fingerprint density at radius 2 is 1.83 bits per heavy atom. The van der Waals surface area contributed by atoms with Crippen molar-refractivity contribution in [2.45, 2.75) is 12.5 Å². The number of ether oxygens (including phenoxy) is 4. The average molecular weight is 402 g/mol. The van der Waals surface area contributed by atoms with Crippen LogP contribution in [0.25, 0.3) is 0 Å². The lowest BCUT2D eigenvalue weighted by Crippen LogP contribution is -2.43. The molecule has 1 heterocycles. The molecule has 1 aliphatic rings. The van der Waals surface area contributed by atoms with E-state index >= 15 is 0 Å². The summed E-state index contributed by atoms with van der Waals surface area (Å²) in [6.07, 6.45) is 0. The van der Waals surface area contributed by atoms with Crippen molar-refractivity contribution in [2.75, 3.05) is 32.9 Å². The molecule has 0 radical (unpaired) electrons. The molecule has 2 aromatic rings. The first-order valence-corrected chi connectivity index (χ1v) is 8.78. The van der Waals surface area contributed by atoms with E-state index in [-0.39, 0.29) is 19.0 Å². The van der Waals surface area contributed by atoms with Crippen molar-refractivity contribution < 1.29 is 33.6 Å². The highest BCUT2D eigenvalue weighted by atomic mass is 16.7. The molecule has 0 aliphatic carbocycles.